The number of benzene rings is 1. The Morgan fingerprint density at radius 3 is 2.67 bits per heavy atom. The average Bonchev–Trinajstić information content (AvgIpc) is 3.31. The van der Waals surface area contributed by atoms with Crippen molar-refractivity contribution in [3.8, 4) is 0 Å². The molecule has 1 N–H and O–H groups in total. The number of rotatable bonds is 11. The maximum atomic E-state index is 5.96. The number of ether oxygens (including phenoxy) is 1. The fourth-order valence-electron chi connectivity index (χ4n) is 2.45. The molecule has 2 nitrogen and oxygen atoms in total. The van der Waals surface area contributed by atoms with Gasteiger partial charge in [-0.3, -0.25) is 0 Å². The normalized spacial score (nSPS) is 16.1. The molecule has 1 saturated carbocycles. The largest absolute Gasteiger partial charge is 0.381 e. The van der Waals surface area contributed by atoms with E-state index in [1.54, 1.807) is 0 Å². The molecule has 0 heterocycles. The first-order chi connectivity index (χ1) is 10.3. The van der Waals surface area contributed by atoms with Gasteiger partial charge < -0.3 is 10.1 Å². The van der Waals surface area contributed by atoms with Crippen molar-refractivity contribution in [3.63, 3.8) is 0 Å². The summed E-state index contributed by atoms with van der Waals surface area (Å²) in [4.78, 5) is 0. The Kier molecular flexibility index (Phi) is 7.56. The number of unbranched alkanes of at least 4 members (excludes halogenated alkanes) is 1. The standard InChI is InChI=1S/C18H28ClNO/c1-2-3-11-21-12-10-16(14-20-18-8-9-18)13-15-4-6-17(19)7-5-15/h4-7,16,18,20H,2-3,8-14H2,1H3. The topological polar surface area (TPSA) is 21.3 Å². The maximum Gasteiger partial charge on any atom is 0.0469 e. The van der Waals surface area contributed by atoms with Gasteiger partial charge in [0.1, 0.15) is 0 Å². The van der Waals surface area contributed by atoms with Crippen LogP contribution in [0.3, 0.4) is 0 Å². The predicted molar refractivity (Wildman–Crippen MR) is 90.0 cm³/mol. The van der Waals surface area contributed by atoms with E-state index in [9.17, 15) is 0 Å². The molecule has 3 heteroatoms. The highest BCUT2D eigenvalue weighted by Gasteiger charge is 2.22. The fourth-order valence-corrected chi connectivity index (χ4v) is 2.58. The summed E-state index contributed by atoms with van der Waals surface area (Å²) in [5.74, 6) is 0.647. The molecular weight excluding hydrogens is 282 g/mol. The van der Waals surface area contributed by atoms with E-state index in [-0.39, 0.29) is 0 Å². The van der Waals surface area contributed by atoms with Crippen LogP contribution in [-0.4, -0.2) is 25.8 Å². The first-order valence-electron chi connectivity index (χ1n) is 8.33. The molecular formula is C18H28ClNO. The number of hydrogen-bond donors (Lipinski definition) is 1. The smallest absolute Gasteiger partial charge is 0.0469 e. The Morgan fingerprint density at radius 2 is 2.00 bits per heavy atom. The molecule has 1 aromatic carbocycles. The lowest BCUT2D eigenvalue weighted by Crippen LogP contribution is -2.27. The van der Waals surface area contributed by atoms with E-state index in [4.69, 9.17) is 16.3 Å². The quantitative estimate of drug-likeness (QED) is 0.609. The molecule has 0 spiro atoms. The van der Waals surface area contributed by atoms with Crippen molar-refractivity contribution in [2.75, 3.05) is 19.8 Å². The Bertz CT molecular complexity index is 389. The second kappa shape index (κ2) is 9.45. The lowest BCUT2D eigenvalue weighted by Gasteiger charge is -2.18. The molecule has 1 aliphatic carbocycles. The van der Waals surface area contributed by atoms with Crippen LogP contribution in [0.25, 0.3) is 0 Å². The molecule has 1 fully saturated rings. The zero-order chi connectivity index (χ0) is 14.9. The third-order valence-corrected chi connectivity index (χ3v) is 4.27. The van der Waals surface area contributed by atoms with Crippen molar-refractivity contribution >= 4 is 11.6 Å². The van der Waals surface area contributed by atoms with Gasteiger partial charge in [-0.15, -0.1) is 0 Å². The summed E-state index contributed by atoms with van der Waals surface area (Å²) in [5, 5.41) is 4.47. The molecule has 1 atom stereocenters. The third kappa shape index (κ3) is 7.30. The summed E-state index contributed by atoms with van der Waals surface area (Å²) in [7, 11) is 0. The summed E-state index contributed by atoms with van der Waals surface area (Å²) in [6, 6.07) is 9.04. The van der Waals surface area contributed by atoms with Gasteiger partial charge in [-0.25, -0.2) is 0 Å². The lowest BCUT2D eigenvalue weighted by atomic mass is 9.96. The molecule has 0 bridgehead atoms. The average molecular weight is 310 g/mol. The highest BCUT2D eigenvalue weighted by molar-refractivity contribution is 6.30. The highest BCUT2D eigenvalue weighted by Crippen LogP contribution is 2.21. The summed E-state index contributed by atoms with van der Waals surface area (Å²) in [6.45, 7) is 5.08. The second-order valence-corrected chi connectivity index (χ2v) is 6.57. The summed E-state index contributed by atoms with van der Waals surface area (Å²) in [5.41, 5.74) is 1.37. The zero-order valence-electron chi connectivity index (χ0n) is 13.1. The van der Waals surface area contributed by atoms with E-state index < -0.39 is 0 Å². The van der Waals surface area contributed by atoms with Gasteiger partial charge in [0.2, 0.25) is 0 Å². The van der Waals surface area contributed by atoms with Gasteiger partial charge in [-0.05, 0) is 62.3 Å². The summed E-state index contributed by atoms with van der Waals surface area (Å²) < 4.78 is 5.73. The van der Waals surface area contributed by atoms with Gasteiger partial charge >= 0.3 is 0 Å². The Balaban J connectivity index is 1.74. The SMILES string of the molecule is CCCCOCCC(CNC1CC1)Cc1ccc(Cl)cc1. The van der Waals surface area contributed by atoms with Gasteiger partial charge in [0.25, 0.3) is 0 Å². The van der Waals surface area contributed by atoms with E-state index >= 15 is 0 Å². The first-order valence-corrected chi connectivity index (χ1v) is 8.71. The van der Waals surface area contributed by atoms with Crippen molar-refractivity contribution < 1.29 is 4.74 Å². The molecule has 0 radical (unpaired) electrons. The van der Waals surface area contributed by atoms with E-state index in [1.807, 2.05) is 12.1 Å². The molecule has 1 aliphatic rings. The van der Waals surface area contributed by atoms with Crippen molar-refractivity contribution in [2.24, 2.45) is 5.92 Å². The highest BCUT2D eigenvalue weighted by atomic mass is 35.5. The van der Waals surface area contributed by atoms with Crippen LogP contribution < -0.4 is 5.32 Å². The van der Waals surface area contributed by atoms with Crippen LogP contribution in [0.1, 0.15) is 44.6 Å². The Hall–Kier alpha value is -0.570. The third-order valence-electron chi connectivity index (χ3n) is 4.02. The summed E-state index contributed by atoms with van der Waals surface area (Å²) >= 11 is 5.96. The van der Waals surface area contributed by atoms with E-state index in [0.717, 1.165) is 43.7 Å². The van der Waals surface area contributed by atoms with Crippen LogP contribution in [0.15, 0.2) is 24.3 Å². The van der Waals surface area contributed by atoms with Gasteiger partial charge in [0, 0.05) is 24.3 Å². The lowest BCUT2D eigenvalue weighted by molar-refractivity contribution is 0.117. The van der Waals surface area contributed by atoms with E-state index in [0.29, 0.717) is 5.92 Å². The predicted octanol–water partition coefficient (Wildman–Crippen LogP) is 4.46. The Morgan fingerprint density at radius 1 is 1.24 bits per heavy atom. The molecule has 0 amide bonds. The monoisotopic (exact) mass is 309 g/mol. The molecule has 0 saturated heterocycles. The van der Waals surface area contributed by atoms with Crippen LogP contribution in [-0.2, 0) is 11.2 Å². The fraction of sp³-hybridized carbons (Fsp3) is 0.667. The van der Waals surface area contributed by atoms with E-state index in [1.165, 1.54) is 31.2 Å². The van der Waals surface area contributed by atoms with Crippen molar-refractivity contribution in [1.29, 1.82) is 0 Å². The Labute approximate surface area is 134 Å². The summed E-state index contributed by atoms with van der Waals surface area (Å²) in [6.07, 6.45) is 7.31. The molecule has 1 aromatic rings. The van der Waals surface area contributed by atoms with Gasteiger partial charge in [-0.2, -0.15) is 0 Å². The van der Waals surface area contributed by atoms with Crippen LogP contribution in [0, 0.1) is 5.92 Å². The minimum atomic E-state index is 0.647. The second-order valence-electron chi connectivity index (χ2n) is 6.13. The van der Waals surface area contributed by atoms with Crippen molar-refractivity contribution in [2.45, 2.75) is 51.5 Å². The van der Waals surface area contributed by atoms with Gasteiger partial charge in [-0.1, -0.05) is 37.1 Å². The van der Waals surface area contributed by atoms with Crippen molar-refractivity contribution in [3.05, 3.63) is 34.9 Å². The number of nitrogens with one attached hydrogen (secondary N) is 1. The number of hydrogen-bond acceptors (Lipinski definition) is 2. The molecule has 0 aromatic heterocycles. The van der Waals surface area contributed by atoms with Crippen molar-refractivity contribution in [1.82, 2.24) is 5.32 Å². The minimum Gasteiger partial charge on any atom is -0.381 e. The van der Waals surface area contributed by atoms with Gasteiger partial charge in [0.05, 0.1) is 0 Å². The maximum absolute atomic E-state index is 5.96. The molecule has 2 rings (SSSR count). The number of halogens is 1. The van der Waals surface area contributed by atoms with Gasteiger partial charge in [0.15, 0.2) is 0 Å². The van der Waals surface area contributed by atoms with Crippen LogP contribution in [0.5, 0.6) is 0 Å². The molecule has 0 aliphatic heterocycles. The van der Waals surface area contributed by atoms with E-state index in [2.05, 4.69) is 24.4 Å². The molecule has 118 valence electrons. The first kappa shape index (κ1) is 16.8. The van der Waals surface area contributed by atoms with Crippen LogP contribution in [0.4, 0.5) is 0 Å². The van der Waals surface area contributed by atoms with Crippen LogP contribution >= 0.6 is 11.6 Å². The minimum absolute atomic E-state index is 0.647. The van der Waals surface area contributed by atoms with Crippen LogP contribution in [0.2, 0.25) is 5.02 Å². The molecule has 21 heavy (non-hydrogen) atoms. The molecule has 1 unspecified atom stereocenters. The zero-order valence-corrected chi connectivity index (χ0v) is 13.9.